The SMILES string of the molecule is O=CN1c2ccccc2C(=O)C1(C(=O)NCc1ccccc1)c1ccccc1. The Balaban J connectivity index is 1.81. The van der Waals surface area contributed by atoms with Gasteiger partial charge < -0.3 is 5.32 Å². The average molecular weight is 370 g/mol. The van der Waals surface area contributed by atoms with Gasteiger partial charge in [0.15, 0.2) is 0 Å². The lowest BCUT2D eigenvalue weighted by Crippen LogP contribution is -2.57. The molecular weight excluding hydrogens is 352 g/mol. The van der Waals surface area contributed by atoms with E-state index >= 15 is 0 Å². The molecule has 0 saturated heterocycles. The number of hydrogen-bond donors (Lipinski definition) is 1. The second-order valence-electron chi connectivity index (χ2n) is 6.57. The van der Waals surface area contributed by atoms with Crippen LogP contribution in [-0.2, 0) is 21.7 Å². The van der Waals surface area contributed by atoms with Gasteiger partial charge in [0, 0.05) is 12.1 Å². The number of ketones is 1. The molecule has 1 aliphatic rings. The molecule has 0 aliphatic carbocycles. The molecule has 28 heavy (non-hydrogen) atoms. The van der Waals surface area contributed by atoms with E-state index in [1.54, 1.807) is 54.6 Å². The predicted octanol–water partition coefficient (Wildman–Crippen LogP) is 3.06. The van der Waals surface area contributed by atoms with Crippen molar-refractivity contribution in [2.45, 2.75) is 12.1 Å². The number of Topliss-reactive ketones (excluding diaryl/α,β-unsaturated/α-hetero) is 1. The summed E-state index contributed by atoms with van der Waals surface area (Å²) in [6.07, 6.45) is 0.554. The minimum absolute atomic E-state index is 0.255. The summed E-state index contributed by atoms with van der Waals surface area (Å²) in [5, 5.41) is 2.85. The first-order valence-corrected chi connectivity index (χ1v) is 8.96. The lowest BCUT2D eigenvalue weighted by atomic mass is 9.83. The van der Waals surface area contributed by atoms with Crippen molar-refractivity contribution < 1.29 is 14.4 Å². The molecule has 1 atom stereocenters. The highest BCUT2D eigenvalue weighted by Gasteiger charge is 2.58. The average Bonchev–Trinajstić information content (AvgIpc) is 3.02. The van der Waals surface area contributed by atoms with Crippen molar-refractivity contribution in [2.24, 2.45) is 0 Å². The molecule has 0 saturated carbocycles. The van der Waals surface area contributed by atoms with E-state index in [2.05, 4.69) is 5.32 Å². The molecule has 138 valence electrons. The minimum Gasteiger partial charge on any atom is -0.349 e. The maximum Gasteiger partial charge on any atom is 0.259 e. The zero-order chi connectivity index (χ0) is 19.6. The van der Waals surface area contributed by atoms with E-state index in [1.165, 1.54) is 4.90 Å². The van der Waals surface area contributed by atoms with Crippen molar-refractivity contribution in [3.05, 3.63) is 102 Å². The number of rotatable bonds is 5. The van der Waals surface area contributed by atoms with Crippen LogP contribution in [0.4, 0.5) is 5.69 Å². The molecule has 2 amide bonds. The van der Waals surface area contributed by atoms with Gasteiger partial charge in [0.2, 0.25) is 17.7 Å². The van der Waals surface area contributed by atoms with Crippen molar-refractivity contribution in [1.29, 1.82) is 0 Å². The molecule has 0 fully saturated rings. The van der Waals surface area contributed by atoms with Gasteiger partial charge in [-0.3, -0.25) is 19.3 Å². The number of para-hydroxylation sites is 1. The van der Waals surface area contributed by atoms with Crippen LogP contribution in [0.1, 0.15) is 21.5 Å². The van der Waals surface area contributed by atoms with Gasteiger partial charge >= 0.3 is 0 Å². The first-order chi connectivity index (χ1) is 13.7. The van der Waals surface area contributed by atoms with Gasteiger partial charge in [0.25, 0.3) is 5.91 Å². The Bertz CT molecular complexity index is 1030. The zero-order valence-corrected chi connectivity index (χ0v) is 15.0. The number of carbonyl (C=O) groups excluding carboxylic acids is 3. The molecule has 1 heterocycles. The predicted molar refractivity (Wildman–Crippen MR) is 106 cm³/mol. The Morgan fingerprint density at radius 1 is 0.893 bits per heavy atom. The first-order valence-electron chi connectivity index (χ1n) is 8.96. The summed E-state index contributed by atoms with van der Waals surface area (Å²) in [6, 6.07) is 24.9. The van der Waals surface area contributed by atoms with Gasteiger partial charge in [-0.2, -0.15) is 0 Å². The lowest BCUT2D eigenvalue weighted by molar-refractivity contribution is -0.126. The molecular formula is C23H18N2O3. The van der Waals surface area contributed by atoms with E-state index in [0.717, 1.165) is 5.56 Å². The van der Waals surface area contributed by atoms with Crippen molar-refractivity contribution in [1.82, 2.24) is 5.32 Å². The van der Waals surface area contributed by atoms with Crippen molar-refractivity contribution >= 4 is 23.8 Å². The van der Waals surface area contributed by atoms with Crippen molar-refractivity contribution in [2.75, 3.05) is 4.90 Å². The second-order valence-corrected chi connectivity index (χ2v) is 6.57. The largest absolute Gasteiger partial charge is 0.349 e. The van der Waals surface area contributed by atoms with Crippen LogP contribution in [0, 0.1) is 0 Å². The summed E-state index contributed by atoms with van der Waals surface area (Å²) in [7, 11) is 0. The Hall–Kier alpha value is -3.73. The summed E-state index contributed by atoms with van der Waals surface area (Å²) < 4.78 is 0. The number of carbonyl (C=O) groups is 3. The maximum absolute atomic E-state index is 13.5. The Morgan fingerprint density at radius 2 is 1.50 bits per heavy atom. The number of nitrogens with one attached hydrogen (secondary N) is 1. The lowest BCUT2D eigenvalue weighted by Gasteiger charge is -2.33. The Morgan fingerprint density at radius 3 is 2.18 bits per heavy atom. The minimum atomic E-state index is -1.76. The highest BCUT2D eigenvalue weighted by atomic mass is 16.2. The van der Waals surface area contributed by atoms with Gasteiger partial charge in [-0.1, -0.05) is 72.8 Å². The molecule has 0 aromatic heterocycles. The fraction of sp³-hybridized carbons (Fsp3) is 0.0870. The Labute approximate surface area is 162 Å². The van der Waals surface area contributed by atoms with Crippen LogP contribution in [0.15, 0.2) is 84.9 Å². The third-order valence-electron chi connectivity index (χ3n) is 5.02. The van der Waals surface area contributed by atoms with Crippen LogP contribution in [0.3, 0.4) is 0 Å². The summed E-state index contributed by atoms with van der Waals surface area (Å²) in [6.45, 7) is 0.255. The Kier molecular flexibility index (Phi) is 4.49. The third-order valence-corrected chi connectivity index (χ3v) is 5.02. The normalized spacial score (nSPS) is 17.9. The molecule has 0 radical (unpaired) electrons. The molecule has 3 aromatic rings. The summed E-state index contributed by atoms with van der Waals surface area (Å²) in [5.74, 6) is -0.942. The van der Waals surface area contributed by atoms with Crippen LogP contribution in [-0.4, -0.2) is 18.1 Å². The maximum atomic E-state index is 13.5. The molecule has 4 rings (SSSR count). The van der Waals surface area contributed by atoms with Gasteiger partial charge in [-0.25, -0.2) is 0 Å². The monoisotopic (exact) mass is 370 g/mol. The number of nitrogens with zero attached hydrogens (tertiary/aromatic N) is 1. The molecule has 1 unspecified atom stereocenters. The zero-order valence-electron chi connectivity index (χ0n) is 15.0. The van der Waals surface area contributed by atoms with Crippen LogP contribution >= 0.6 is 0 Å². The number of amides is 2. The highest BCUT2D eigenvalue weighted by Crippen LogP contribution is 2.44. The van der Waals surface area contributed by atoms with Gasteiger partial charge in [-0.05, 0) is 23.3 Å². The molecule has 3 aromatic carbocycles. The van der Waals surface area contributed by atoms with E-state index in [4.69, 9.17) is 0 Å². The molecule has 1 aliphatic heterocycles. The first kappa shape index (κ1) is 17.7. The van der Waals surface area contributed by atoms with E-state index in [0.29, 0.717) is 23.2 Å². The summed E-state index contributed by atoms with van der Waals surface area (Å²) in [5.41, 5.74) is 0.379. The van der Waals surface area contributed by atoms with Gasteiger partial charge in [0.05, 0.1) is 5.69 Å². The standard InChI is InChI=1S/C23H18N2O3/c26-16-25-20-14-8-7-13-19(20)21(27)23(25,18-11-5-2-6-12-18)22(28)24-15-17-9-3-1-4-10-17/h1-14,16H,15H2,(H,24,28). The van der Waals surface area contributed by atoms with E-state index in [-0.39, 0.29) is 6.54 Å². The molecule has 0 spiro atoms. The summed E-state index contributed by atoms with van der Waals surface area (Å²) >= 11 is 0. The van der Waals surface area contributed by atoms with Crippen molar-refractivity contribution in [3.8, 4) is 0 Å². The smallest absolute Gasteiger partial charge is 0.259 e. The summed E-state index contributed by atoms with van der Waals surface area (Å²) in [4.78, 5) is 40.2. The fourth-order valence-electron chi connectivity index (χ4n) is 3.70. The van der Waals surface area contributed by atoms with Gasteiger partial charge in [-0.15, -0.1) is 0 Å². The fourth-order valence-corrected chi connectivity index (χ4v) is 3.70. The third kappa shape index (κ3) is 2.60. The molecule has 5 nitrogen and oxygen atoms in total. The van der Waals surface area contributed by atoms with Crippen LogP contribution in [0.25, 0.3) is 0 Å². The number of anilines is 1. The quantitative estimate of drug-likeness (QED) is 0.554. The number of fused-ring (bicyclic) bond motifs is 1. The van der Waals surface area contributed by atoms with Crippen LogP contribution < -0.4 is 10.2 Å². The van der Waals surface area contributed by atoms with E-state index in [1.807, 2.05) is 30.3 Å². The molecule has 0 bridgehead atoms. The second kappa shape index (κ2) is 7.12. The van der Waals surface area contributed by atoms with Crippen molar-refractivity contribution in [3.63, 3.8) is 0 Å². The van der Waals surface area contributed by atoms with E-state index < -0.39 is 17.2 Å². The topological polar surface area (TPSA) is 66.5 Å². The molecule has 1 N–H and O–H groups in total. The number of hydrogen-bond acceptors (Lipinski definition) is 3. The molecule has 5 heteroatoms. The van der Waals surface area contributed by atoms with Crippen LogP contribution in [0.5, 0.6) is 0 Å². The van der Waals surface area contributed by atoms with E-state index in [9.17, 15) is 14.4 Å². The number of benzene rings is 3. The van der Waals surface area contributed by atoms with Crippen LogP contribution in [0.2, 0.25) is 0 Å². The van der Waals surface area contributed by atoms with Gasteiger partial charge in [0.1, 0.15) is 0 Å². The highest BCUT2D eigenvalue weighted by molar-refractivity contribution is 6.29.